The lowest BCUT2D eigenvalue weighted by atomic mass is 9.89. The van der Waals surface area contributed by atoms with Crippen LogP contribution in [-0.4, -0.2) is 27.6 Å². The molecule has 0 spiro atoms. The molecule has 2 N–H and O–H groups in total. The molecule has 1 atom stereocenters. The van der Waals surface area contributed by atoms with Crippen molar-refractivity contribution in [1.29, 1.82) is 0 Å². The molecule has 3 aromatic rings. The predicted molar refractivity (Wildman–Crippen MR) is 117 cm³/mol. The Kier molecular flexibility index (Phi) is 7.23. The van der Waals surface area contributed by atoms with Crippen LogP contribution >= 0.6 is 0 Å². The van der Waals surface area contributed by atoms with Crippen LogP contribution in [0.4, 0.5) is 13.2 Å². The topological polar surface area (TPSA) is 69.6 Å². The highest BCUT2D eigenvalue weighted by atomic mass is 19.1. The maximum Gasteiger partial charge on any atom is 0.215 e. The largest absolute Gasteiger partial charge is 0.473 e. The summed E-state index contributed by atoms with van der Waals surface area (Å²) in [6, 6.07) is 7.13. The van der Waals surface area contributed by atoms with Crippen molar-refractivity contribution in [2.45, 2.75) is 58.6 Å². The quantitative estimate of drug-likeness (QED) is 0.432. The van der Waals surface area contributed by atoms with Gasteiger partial charge < -0.3 is 10.5 Å². The van der Waals surface area contributed by atoms with E-state index < -0.39 is 23.8 Å². The summed E-state index contributed by atoms with van der Waals surface area (Å²) in [5, 5.41) is 4.43. The smallest absolute Gasteiger partial charge is 0.215 e. The number of nitrogens with zero attached hydrogens (tertiary/aromatic N) is 2. The number of carbonyl (C=O) groups is 1. The van der Waals surface area contributed by atoms with Crippen LogP contribution in [0.1, 0.15) is 59.8 Å². The van der Waals surface area contributed by atoms with E-state index >= 15 is 0 Å². The van der Waals surface area contributed by atoms with Crippen LogP contribution < -0.4 is 10.5 Å². The number of hydrogen-bond acceptors (Lipinski definition) is 4. The standard InChI is InChI=1S/C24H28F3N3O2/c1-15-12-20-23(21(31)8-10-24(3,28)9-5-11-25)16(2)29-30(20)22(13-15)32-14-17-18(26)6-4-7-19(17)27/h4,6-7,12-13H,5,8-11,14,28H2,1-3H3. The molecule has 0 amide bonds. The SMILES string of the molecule is Cc1cc(OCc2c(F)cccc2F)n2nc(C)c(C(=O)CCC(C)(N)CCCF)c2c1. The Balaban J connectivity index is 1.86. The molecule has 2 heterocycles. The van der Waals surface area contributed by atoms with Gasteiger partial charge in [-0.15, -0.1) is 0 Å². The molecular weight excluding hydrogens is 419 g/mol. The number of alkyl halides is 1. The van der Waals surface area contributed by atoms with Crippen LogP contribution in [0.3, 0.4) is 0 Å². The van der Waals surface area contributed by atoms with Gasteiger partial charge in [-0.1, -0.05) is 6.07 Å². The molecule has 0 aliphatic heterocycles. The minimum Gasteiger partial charge on any atom is -0.473 e. The summed E-state index contributed by atoms with van der Waals surface area (Å²) in [6.45, 7) is 4.62. The van der Waals surface area contributed by atoms with Gasteiger partial charge in [0.25, 0.3) is 0 Å². The Hall–Kier alpha value is -2.87. The van der Waals surface area contributed by atoms with Crippen LogP contribution in [0, 0.1) is 25.5 Å². The van der Waals surface area contributed by atoms with Crippen LogP contribution in [0.5, 0.6) is 5.88 Å². The average Bonchev–Trinajstić information content (AvgIpc) is 3.06. The number of nitrogens with two attached hydrogens (primary N) is 1. The fraction of sp³-hybridized carbons (Fsp3) is 0.417. The normalized spacial score (nSPS) is 13.3. The maximum absolute atomic E-state index is 14.0. The van der Waals surface area contributed by atoms with Crippen LogP contribution in [0.2, 0.25) is 0 Å². The van der Waals surface area contributed by atoms with Gasteiger partial charge in [0.1, 0.15) is 18.2 Å². The second-order valence-corrected chi connectivity index (χ2v) is 8.49. The van der Waals surface area contributed by atoms with E-state index in [1.54, 1.807) is 13.0 Å². The second-order valence-electron chi connectivity index (χ2n) is 8.49. The van der Waals surface area contributed by atoms with E-state index in [9.17, 15) is 18.0 Å². The van der Waals surface area contributed by atoms with E-state index in [-0.39, 0.29) is 30.3 Å². The first-order chi connectivity index (χ1) is 15.1. The van der Waals surface area contributed by atoms with Crippen molar-refractivity contribution in [3.8, 4) is 5.88 Å². The number of hydrogen-bond donors (Lipinski definition) is 1. The molecule has 0 bridgehead atoms. The maximum atomic E-state index is 14.0. The third kappa shape index (κ3) is 5.30. The van der Waals surface area contributed by atoms with Crippen molar-refractivity contribution in [2.75, 3.05) is 6.67 Å². The minimum absolute atomic E-state index is 0.119. The third-order valence-corrected chi connectivity index (χ3v) is 5.53. The van der Waals surface area contributed by atoms with Crippen molar-refractivity contribution < 1.29 is 22.7 Å². The molecule has 8 heteroatoms. The van der Waals surface area contributed by atoms with Crippen molar-refractivity contribution in [1.82, 2.24) is 9.61 Å². The molecule has 3 rings (SSSR count). The van der Waals surface area contributed by atoms with Crippen molar-refractivity contribution >= 4 is 11.3 Å². The Morgan fingerprint density at radius 3 is 2.53 bits per heavy atom. The highest BCUT2D eigenvalue weighted by molar-refractivity contribution is 6.03. The first kappa shape index (κ1) is 23.8. The average molecular weight is 448 g/mol. The zero-order valence-corrected chi connectivity index (χ0v) is 18.6. The van der Waals surface area contributed by atoms with Gasteiger partial charge in [0.2, 0.25) is 5.88 Å². The Bertz CT molecular complexity index is 1110. The predicted octanol–water partition coefficient (Wildman–Crippen LogP) is 5.24. The van der Waals surface area contributed by atoms with Gasteiger partial charge in [-0.25, -0.2) is 13.3 Å². The zero-order valence-electron chi connectivity index (χ0n) is 18.6. The molecule has 172 valence electrons. The van der Waals surface area contributed by atoms with Gasteiger partial charge in [0.05, 0.1) is 29.0 Å². The number of carbonyl (C=O) groups excluding carboxylic acids is 1. The molecule has 32 heavy (non-hydrogen) atoms. The number of Topliss-reactive ketones (excluding diaryl/α,β-unsaturated/α-hetero) is 1. The minimum atomic E-state index is -0.695. The highest BCUT2D eigenvalue weighted by Crippen LogP contribution is 2.27. The summed E-state index contributed by atoms with van der Waals surface area (Å²) in [5.74, 6) is -1.24. The molecule has 0 saturated carbocycles. The summed E-state index contributed by atoms with van der Waals surface area (Å²) in [6.07, 6.45) is 1.48. The molecule has 5 nitrogen and oxygen atoms in total. The van der Waals surface area contributed by atoms with Crippen LogP contribution in [-0.2, 0) is 6.61 Å². The van der Waals surface area contributed by atoms with Gasteiger partial charge in [-0.3, -0.25) is 9.18 Å². The molecule has 2 aromatic heterocycles. The Labute approximate surface area is 185 Å². The lowest BCUT2D eigenvalue weighted by molar-refractivity contribution is 0.0971. The summed E-state index contributed by atoms with van der Waals surface area (Å²) < 4.78 is 47.6. The first-order valence-electron chi connectivity index (χ1n) is 10.6. The van der Waals surface area contributed by atoms with Gasteiger partial charge in [-0.2, -0.15) is 5.10 Å². The van der Waals surface area contributed by atoms with Crippen LogP contribution in [0.25, 0.3) is 5.52 Å². The molecule has 0 aliphatic carbocycles. The van der Waals surface area contributed by atoms with E-state index in [0.717, 1.165) is 5.56 Å². The van der Waals surface area contributed by atoms with E-state index in [2.05, 4.69) is 5.10 Å². The molecule has 1 aromatic carbocycles. The van der Waals surface area contributed by atoms with E-state index in [1.165, 1.54) is 22.7 Å². The molecule has 1 unspecified atom stereocenters. The summed E-state index contributed by atoms with van der Waals surface area (Å²) >= 11 is 0. The number of fused-ring (bicyclic) bond motifs is 1. The molecule has 0 aliphatic rings. The first-order valence-corrected chi connectivity index (χ1v) is 10.6. The summed E-state index contributed by atoms with van der Waals surface area (Å²) in [5.41, 5.74) is 7.72. The number of rotatable bonds is 10. The lowest BCUT2D eigenvalue weighted by Gasteiger charge is -2.23. The van der Waals surface area contributed by atoms with E-state index in [1.807, 2.05) is 19.9 Å². The second kappa shape index (κ2) is 9.73. The number of halogens is 3. The highest BCUT2D eigenvalue weighted by Gasteiger charge is 2.24. The third-order valence-electron chi connectivity index (χ3n) is 5.53. The number of benzene rings is 1. The van der Waals surface area contributed by atoms with Crippen molar-refractivity contribution in [3.63, 3.8) is 0 Å². The monoisotopic (exact) mass is 447 g/mol. The fourth-order valence-corrected chi connectivity index (χ4v) is 3.74. The van der Waals surface area contributed by atoms with E-state index in [4.69, 9.17) is 10.5 Å². The number of ketones is 1. The number of aromatic nitrogens is 2. The fourth-order valence-electron chi connectivity index (χ4n) is 3.74. The molecule has 0 fully saturated rings. The molecule has 0 radical (unpaired) electrons. The Morgan fingerprint density at radius 1 is 1.19 bits per heavy atom. The van der Waals surface area contributed by atoms with Gasteiger partial charge >= 0.3 is 0 Å². The molecular formula is C24H28F3N3O2. The van der Waals surface area contributed by atoms with Crippen LogP contribution in [0.15, 0.2) is 30.3 Å². The van der Waals surface area contributed by atoms with Gasteiger partial charge in [-0.05, 0) is 63.8 Å². The lowest BCUT2D eigenvalue weighted by Crippen LogP contribution is -2.36. The zero-order chi connectivity index (χ0) is 23.5. The number of ether oxygens (including phenoxy) is 1. The summed E-state index contributed by atoms with van der Waals surface area (Å²) in [7, 11) is 0. The van der Waals surface area contributed by atoms with Crippen molar-refractivity contribution in [2.24, 2.45) is 5.73 Å². The van der Waals surface area contributed by atoms with Crippen molar-refractivity contribution in [3.05, 3.63) is 64.4 Å². The number of pyridine rings is 1. The number of aryl methyl sites for hydroxylation is 2. The van der Waals surface area contributed by atoms with Gasteiger partial charge in [0, 0.05) is 18.0 Å². The Morgan fingerprint density at radius 2 is 1.88 bits per heavy atom. The van der Waals surface area contributed by atoms with Gasteiger partial charge in [0.15, 0.2) is 5.78 Å². The summed E-state index contributed by atoms with van der Waals surface area (Å²) in [4.78, 5) is 13.0. The van der Waals surface area contributed by atoms with E-state index in [0.29, 0.717) is 36.0 Å². The molecule has 0 saturated heterocycles.